The summed E-state index contributed by atoms with van der Waals surface area (Å²) in [4.78, 5) is 22.6. The molecule has 8 heteroatoms. The zero-order valence-corrected chi connectivity index (χ0v) is 14.5. The van der Waals surface area contributed by atoms with Crippen LogP contribution < -0.4 is 0 Å². The first-order valence-corrected chi connectivity index (χ1v) is 8.03. The lowest BCUT2D eigenvalue weighted by atomic mass is 10.5. The second-order valence-corrected chi connectivity index (χ2v) is 4.29. The van der Waals surface area contributed by atoms with E-state index >= 15 is 0 Å². The molecule has 0 aliphatic heterocycles. The minimum atomic E-state index is -0.631. The fraction of sp³-hybridized carbons (Fsp3) is 0.750. The van der Waals surface area contributed by atoms with Crippen LogP contribution in [0, 0.1) is 0 Å². The quantitative estimate of drug-likeness (QED) is 0.229. The summed E-state index contributed by atoms with van der Waals surface area (Å²) in [6.07, 6.45) is 2.02. The van der Waals surface area contributed by atoms with Crippen LogP contribution in [0.3, 0.4) is 0 Å². The molecule has 8 nitrogen and oxygen atoms in total. The fourth-order valence-electron chi connectivity index (χ4n) is 1.36. The van der Waals surface area contributed by atoms with Gasteiger partial charge in [0.1, 0.15) is 13.2 Å². The topological polar surface area (TPSA) is 89.5 Å². The van der Waals surface area contributed by atoms with Crippen molar-refractivity contribution >= 4 is 11.9 Å². The Kier molecular flexibility index (Phi) is 16.8. The number of hydrogen-bond donors (Lipinski definition) is 0. The van der Waals surface area contributed by atoms with Gasteiger partial charge < -0.3 is 28.4 Å². The molecule has 24 heavy (non-hydrogen) atoms. The predicted octanol–water partition coefficient (Wildman–Crippen LogP) is 0.735. The number of carbonyl (C=O) groups excluding carboxylic acids is 2. The van der Waals surface area contributed by atoms with Gasteiger partial charge in [-0.1, -0.05) is 0 Å². The van der Waals surface area contributed by atoms with Gasteiger partial charge in [0.25, 0.3) is 0 Å². The minimum Gasteiger partial charge on any atom is -0.460 e. The van der Waals surface area contributed by atoms with Gasteiger partial charge in [-0.25, -0.2) is 9.59 Å². The molecule has 0 fully saturated rings. The maximum absolute atomic E-state index is 11.3. The van der Waals surface area contributed by atoms with E-state index in [9.17, 15) is 9.59 Å². The Morgan fingerprint density at radius 2 is 0.917 bits per heavy atom. The molecule has 140 valence electrons. The summed E-state index contributed by atoms with van der Waals surface area (Å²) in [6, 6.07) is 0. The second-order valence-electron chi connectivity index (χ2n) is 4.29. The highest BCUT2D eigenvalue weighted by Gasteiger charge is 2.01. The van der Waals surface area contributed by atoms with Crippen molar-refractivity contribution in [3.63, 3.8) is 0 Å². The predicted molar refractivity (Wildman–Crippen MR) is 85.7 cm³/mol. The molecule has 0 saturated heterocycles. The summed E-state index contributed by atoms with van der Waals surface area (Å²) in [6.45, 7) is 7.74. The van der Waals surface area contributed by atoms with Crippen LogP contribution in [0.25, 0.3) is 0 Å². The number of ether oxygens (including phenoxy) is 6. The van der Waals surface area contributed by atoms with Crippen LogP contribution in [-0.4, -0.2) is 78.0 Å². The third kappa shape index (κ3) is 16.9. The highest BCUT2D eigenvalue weighted by atomic mass is 16.6. The molecule has 0 rings (SSSR count). The van der Waals surface area contributed by atoms with Gasteiger partial charge in [0.05, 0.1) is 39.6 Å². The number of hydrogen-bond acceptors (Lipinski definition) is 8. The zero-order chi connectivity index (χ0) is 17.9. The standard InChI is InChI=1S/C16H28O8/c1-3-19-7-9-21-11-13-23-15(17)5-6-16(18)24-14-12-22-10-8-20-4-2/h5-6H,3-4,7-14H2,1-2H3/b6-5+. The molecule has 0 N–H and O–H groups in total. The van der Waals surface area contributed by atoms with Crippen LogP contribution in [0.1, 0.15) is 13.8 Å². The minimum absolute atomic E-state index is 0.109. The normalized spacial score (nSPS) is 10.9. The lowest BCUT2D eigenvalue weighted by Gasteiger charge is -2.05. The Bertz CT molecular complexity index is 311. The van der Waals surface area contributed by atoms with E-state index in [1.165, 1.54) is 0 Å². The van der Waals surface area contributed by atoms with Crippen molar-refractivity contribution in [1.82, 2.24) is 0 Å². The van der Waals surface area contributed by atoms with Crippen molar-refractivity contribution in [3.8, 4) is 0 Å². The zero-order valence-electron chi connectivity index (χ0n) is 14.5. The van der Waals surface area contributed by atoms with Gasteiger partial charge in [-0.3, -0.25) is 0 Å². The first-order valence-electron chi connectivity index (χ1n) is 8.03. The second kappa shape index (κ2) is 17.9. The van der Waals surface area contributed by atoms with Gasteiger partial charge >= 0.3 is 11.9 Å². The van der Waals surface area contributed by atoms with E-state index in [2.05, 4.69) is 0 Å². The summed E-state index contributed by atoms with van der Waals surface area (Å²) < 4.78 is 30.2. The monoisotopic (exact) mass is 348 g/mol. The van der Waals surface area contributed by atoms with E-state index < -0.39 is 11.9 Å². The summed E-state index contributed by atoms with van der Waals surface area (Å²) in [7, 11) is 0. The van der Waals surface area contributed by atoms with Gasteiger partial charge in [-0.15, -0.1) is 0 Å². The molecule has 0 saturated carbocycles. The third-order valence-electron chi connectivity index (χ3n) is 2.45. The molecule has 0 atom stereocenters. The van der Waals surface area contributed by atoms with Crippen LogP contribution in [0.2, 0.25) is 0 Å². The largest absolute Gasteiger partial charge is 0.460 e. The Morgan fingerprint density at radius 3 is 1.29 bits per heavy atom. The van der Waals surface area contributed by atoms with Crippen molar-refractivity contribution in [2.75, 3.05) is 66.1 Å². The van der Waals surface area contributed by atoms with Crippen molar-refractivity contribution in [1.29, 1.82) is 0 Å². The Morgan fingerprint density at radius 1 is 0.583 bits per heavy atom. The van der Waals surface area contributed by atoms with Crippen LogP contribution in [0.4, 0.5) is 0 Å². The van der Waals surface area contributed by atoms with E-state index in [1.54, 1.807) is 0 Å². The molecule has 0 heterocycles. The molecule has 0 amide bonds. The smallest absolute Gasteiger partial charge is 0.331 e. The Labute approximate surface area is 143 Å². The van der Waals surface area contributed by atoms with E-state index in [0.717, 1.165) is 12.2 Å². The summed E-state index contributed by atoms with van der Waals surface area (Å²) in [5, 5.41) is 0. The molecule has 0 aromatic heterocycles. The molecule has 0 spiro atoms. The molecule has 0 aliphatic rings. The summed E-state index contributed by atoms with van der Waals surface area (Å²) in [5.41, 5.74) is 0. The van der Waals surface area contributed by atoms with Crippen LogP contribution in [0.15, 0.2) is 12.2 Å². The van der Waals surface area contributed by atoms with Crippen molar-refractivity contribution in [3.05, 3.63) is 12.2 Å². The van der Waals surface area contributed by atoms with Gasteiger partial charge in [0, 0.05) is 25.4 Å². The fourth-order valence-corrected chi connectivity index (χ4v) is 1.36. The average molecular weight is 348 g/mol. The Hall–Kier alpha value is -1.48. The van der Waals surface area contributed by atoms with Crippen LogP contribution in [-0.2, 0) is 38.0 Å². The molecule has 0 aromatic rings. The molecule has 0 aromatic carbocycles. The molecular weight excluding hydrogens is 320 g/mol. The van der Waals surface area contributed by atoms with Crippen LogP contribution in [0.5, 0.6) is 0 Å². The van der Waals surface area contributed by atoms with Crippen LogP contribution >= 0.6 is 0 Å². The lowest BCUT2D eigenvalue weighted by molar-refractivity contribution is -0.142. The highest BCUT2D eigenvalue weighted by Crippen LogP contribution is 1.88. The van der Waals surface area contributed by atoms with E-state index in [-0.39, 0.29) is 26.4 Å². The van der Waals surface area contributed by atoms with Crippen molar-refractivity contribution in [2.45, 2.75) is 13.8 Å². The number of esters is 2. The van der Waals surface area contributed by atoms with Gasteiger partial charge in [-0.05, 0) is 13.8 Å². The maximum atomic E-state index is 11.3. The van der Waals surface area contributed by atoms with Gasteiger partial charge in [0.2, 0.25) is 0 Å². The lowest BCUT2D eigenvalue weighted by Crippen LogP contribution is -2.13. The maximum Gasteiger partial charge on any atom is 0.331 e. The first kappa shape index (κ1) is 22.5. The number of carbonyl (C=O) groups is 2. The first-order chi connectivity index (χ1) is 11.7. The highest BCUT2D eigenvalue weighted by molar-refractivity contribution is 5.91. The molecule has 0 aliphatic carbocycles. The summed E-state index contributed by atoms with van der Waals surface area (Å²) >= 11 is 0. The van der Waals surface area contributed by atoms with Crippen molar-refractivity contribution < 1.29 is 38.0 Å². The molecule has 0 bridgehead atoms. The molecule has 0 radical (unpaired) electrons. The van der Waals surface area contributed by atoms with Gasteiger partial charge in [-0.2, -0.15) is 0 Å². The third-order valence-corrected chi connectivity index (χ3v) is 2.45. The Balaban J connectivity index is 3.48. The van der Waals surface area contributed by atoms with E-state index in [1.807, 2.05) is 13.8 Å². The summed E-state index contributed by atoms with van der Waals surface area (Å²) in [5.74, 6) is -1.26. The van der Waals surface area contributed by atoms with Crippen molar-refractivity contribution in [2.24, 2.45) is 0 Å². The van der Waals surface area contributed by atoms with Gasteiger partial charge in [0.15, 0.2) is 0 Å². The SMILES string of the molecule is CCOCCOCCOC(=O)/C=C/C(=O)OCCOCCOCC. The van der Waals surface area contributed by atoms with E-state index in [4.69, 9.17) is 28.4 Å². The number of rotatable bonds is 16. The molecule has 0 unspecified atom stereocenters. The van der Waals surface area contributed by atoms with E-state index in [0.29, 0.717) is 39.6 Å². The average Bonchev–Trinajstić information content (AvgIpc) is 2.58. The molecular formula is C16H28O8.